The van der Waals surface area contributed by atoms with E-state index in [0.29, 0.717) is 18.5 Å². The van der Waals surface area contributed by atoms with Crippen molar-refractivity contribution in [2.45, 2.75) is 100 Å². The Morgan fingerprint density at radius 2 is 1.62 bits per heavy atom. The van der Waals surface area contributed by atoms with Gasteiger partial charge in [0.05, 0.1) is 24.4 Å². The second-order valence-corrected chi connectivity index (χ2v) is 10.8. The number of aliphatic hydroxyl groups excluding tert-OH is 2. The quantitative estimate of drug-likeness (QED) is 0.118. The van der Waals surface area contributed by atoms with E-state index in [0.717, 1.165) is 16.9 Å². The number of nitrogens with one attached hydrogen (secondary N) is 1. The summed E-state index contributed by atoms with van der Waals surface area (Å²) in [5.74, 6) is -1.12. The molecule has 0 bridgehead atoms. The number of amides is 1. The summed E-state index contributed by atoms with van der Waals surface area (Å²) in [6.45, 7) is 2.03. The average molecular weight is 530 g/mol. The van der Waals surface area contributed by atoms with E-state index in [-0.39, 0.29) is 30.6 Å². The first-order valence-corrected chi connectivity index (χ1v) is 14.5. The Labute approximate surface area is 225 Å². The molecule has 0 saturated carbocycles. The number of rotatable bonds is 19. The number of carboxylic acid groups (broad SMARTS) is 1. The van der Waals surface area contributed by atoms with Crippen LogP contribution < -0.4 is 5.32 Å². The third-order valence-electron chi connectivity index (χ3n) is 6.34. The molecule has 6 nitrogen and oxygen atoms in total. The first-order chi connectivity index (χ1) is 17.9. The van der Waals surface area contributed by atoms with Gasteiger partial charge in [-0.2, -0.15) is 0 Å². The van der Waals surface area contributed by atoms with Crippen LogP contribution in [0, 0.1) is 0 Å². The molecule has 2 aromatic carbocycles. The fraction of sp³-hybridized carbons (Fsp3) is 0.533. The molecule has 0 saturated heterocycles. The zero-order valence-electron chi connectivity index (χ0n) is 22.0. The van der Waals surface area contributed by atoms with Crippen LogP contribution in [0.1, 0.15) is 93.9 Å². The molecule has 0 aromatic heterocycles. The number of thioether (sulfide) groups is 1. The van der Waals surface area contributed by atoms with Crippen LogP contribution in [0.25, 0.3) is 0 Å². The minimum Gasteiger partial charge on any atom is -0.481 e. The fourth-order valence-corrected chi connectivity index (χ4v) is 5.49. The summed E-state index contributed by atoms with van der Waals surface area (Å²) in [5, 5.41) is 31.5. The number of aliphatic hydroxyl groups is 2. The molecular weight excluding hydrogens is 486 g/mol. The molecule has 0 aliphatic carbocycles. The van der Waals surface area contributed by atoms with Crippen molar-refractivity contribution in [3.63, 3.8) is 0 Å². The molecule has 0 fully saturated rings. The van der Waals surface area contributed by atoms with E-state index < -0.39 is 12.1 Å². The normalized spacial score (nSPS) is 12.7. The number of aliphatic carboxylic acids is 1. The van der Waals surface area contributed by atoms with E-state index >= 15 is 0 Å². The van der Waals surface area contributed by atoms with Gasteiger partial charge in [-0.1, -0.05) is 75.8 Å². The zero-order chi connectivity index (χ0) is 26.9. The predicted octanol–water partition coefficient (Wildman–Crippen LogP) is 6.75. The lowest BCUT2D eigenvalue weighted by Crippen LogP contribution is -2.17. The Bertz CT molecular complexity index is 934. The third-order valence-corrected chi connectivity index (χ3v) is 7.70. The molecule has 2 unspecified atom stereocenters. The number of hydrogen-bond acceptors (Lipinski definition) is 5. The van der Waals surface area contributed by atoms with Gasteiger partial charge in [0.2, 0.25) is 5.91 Å². The van der Waals surface area contributed by atoms with E-state index in [2.05, 4.69) is 36.5 Å². The van der Waals surface area contributed by atoms with Gasteiger partial charge in [0.1, 0.15) is 0 Å². The Hall–Kier alpha value is -2.35. The lowest BCUT2D eigenvalue weighted by Gasteiger charge is -2.23. The molecule has 0 aliphatic heterocycles. The van der Waals surface area contributed by atoms with Gasteiger partial charge >= 0.3 is 5.97 Å². The SMILES string of the molecule is CCCCCCCCCc1ccc(C(Sc2cccc(NC(=O)CCO)c2)C(O)CCCC(=O)O)cc1. The van der Waals surface area contributed by atoms with Gasteiger partial charge in [-0.3, -0.25) is 9.59 Å². The van der Waals surface area contributed by atoms with Gasteiger partial charge < -0.3 is 20.6 Å². The minimum atomic E-state index is -0.863. The fourth-order valence-electron chi connectivity index (χ4n) is 4.26. The second kappa shape index (κ2) is 18.0. The highest BCUT2D eigenvalue weighted by Gasteiger charge is 2.23. The first kappa shape index (κ1) is 30.9. The number of benzene rings is 2. The molecule has 204 valence electrons. The van der Waals surface area contributed by atoms with Crippen molar-refractivity contribution < 1.29 is 24.9 Å². The maximum Gasteiger partial charge on any atom is 0.303 e. The van der Waals surface area contributed by atoms with E-state index in [1.54, 1.807) is 6.07 Å². The maximum atomic E-state index is 11.9. The number of carbonyl (C=O) groups excluding carboxylic acids is 1. The molecule has 1 amide bonds. The number of aryl methyl sites for hydroxylation is 1. The van der Waals surface area contributed by atoms with Crippen LogP contribution in [0.3, 0.4) is 0 Å². The maximum absolute atomic E-state index is 11.9. The highest BCUT2D eigenvalue weighted by atomic mass is 32.2. The van der Waals surface area contributed by atoms with Crippen molar-refractivity contribution >= 4 is 29.3 Å². The van der Waals surface area contributed by atoms with Crippen LogP contribution >= 0.6 is 11.8 Å². The third kappa shape index (κ3) is 12.6. The van der Waals surface area contributed by atoms with Crippen molar-refractivity contribution in [2.75, 3.05) is 11.9 Å². The van der Waals surface area contributed by atoms with Gasteiger partial charge in [-0.25, -0.2) is 0 Å². The minimum absolute atomic E-state index is 0.0260. The standard InChI is InChI=1S/C30H43NO5S/c1-2-3-4-5-6-7-8-11-23-16-18-24(19-17-23)30(27(33)14-10-15-29(35)36)37-26-13-9-12-25(22-26)31-28(34)20-21-32/h9,12-13,16-19,22,27,30,32-33H,2-8,10-11,14-15,20-21H2,1H3,(H,31,34)(H,35,36). The van der Waals surface area contributed by atoms with Crippen LogP contribution in [-0.4, -0.2) is 39.9 Å². The summed E-state index contributed by atoms with van der Waals surface area (Å²) in [7, 11) is 0. The molecule has 2 aromatic rings. The molecule has 2 atom stereocenters. The van der Waals surface area contributed by atoms with Crippen molar-refractivity contribution in [2.24, 2.45) is 0 Å². The monoisotopic (exact) mass is 529 g/mol. The van der Waals surface area contributed by atoms with Gasteiger partial charge in [0.25, 0.3) is 0 Å². The summed E-state index contributed by atoms with van der Waals surface area (Å²) >= 11 is 1.50. The number of carboxylic acids is 1. The number of unbranched alkanes of at least 4 members (excludes halogenated alkanes) is 6. The molecule has 7 heteroatoms. The smallest absolute Gasteiger partial charge is 0.303 e. The first-order valence-electron chi connectivity index (χ1n) is 13.6. The van der Waals surface area contributed by atoms with Crippen molar-refractivity contribution in [1.82, 2.24) is 0 Å². The van der Waals surface area contributed by atoms with E-state index in [4.69, 9.17) is 10.2 Å². The average Bonchev–Trinajstić information content (AvgIpc) is 2.87. The van der Waals surface area contributed by atoms with Crippen molar-refractivity contribution in [3.05, 3.63) is 59.7 Å². The largest absolute Gasteiger partial charge is 0.481 e. The Balaban J connectivity index is 2.05. The lowest BCUT2D eigenvalue weighted by atomic mass is 9.99. The van der Waals surface area contributed by atoms with Gasteiger partial charge in [-0.15, -0.1) is 11.8 Å². The van der Waals surface area contributed by atoms with Crippen LogP contribution in [-0.2, 0) is 16.0 Å². The van der Waals surface area contributed by atoms with E-state index in [9.17, 15) is 14.7 Å². The van der Waals surface area contributed by atoms with Gasteiger partial charge in [0, 0.05) is 17.0 Å². The topological polar surface area (TPSA) is 107 Å². The summed E-state index contributed by atoms with van der Waals surface area (Å²) in [6.07, 6.45) is 10.1. The van der Waals surface area contributed by atoms with Crippen LogP contribution in [0.5, 0.6) is 0 Å². The molecule has 2 rings (SSSR count). The van der Waals surface area contributed by atoms with E-state index in [1.165, 1.54) is 62.3 Å². The Kier molecular flexibility index (Phi) is 15.0. The zero-order valence-corrected chi connectivity index (χ0v) is 22.8. The molecule has 0 radical (unpaired) electrons. The molecule has 4 N–H and O–H groups in total. The molecule has 0 aliphatic rings. The second-order valence-electron chi connectivity index (χ2n) is 9.55. The number of anilines is 1. The molecule has 0 spiro atoms. The number of carbonyl (C=O) groups is 2. The van der Waals surface area contributed by atoms with Crippen molar-refractivity contribution in [3.8, 4) is 0 Å². The lowest BCUT2D eigenvalue weighted by molar-refractivity contribution is -0.137. The van der Waals surface area contributed by atoms with Gasteiger partial charge in [-0.05, 0) is 55.0 Å². The predicted molar refractivity (Wildman–Crippen MR) is 151 cm³/mol. The summed E-state index contributed by atoms with van der Waals surface area (Å²) in [6, 6.07) is 15.8. The molecular formula is C30H43NO5S. The highest BCUT2D eigenvalue weighted by molar-refractivity contribution is 7.99. The summed E-state index contributed by atoms with van der Waals surface area (Å²) in [5.41, 5.74) is 2.91. The molecule has 37 heavy (non-hydrogen) atoms. The Morgan fingerprint density at radius 1 is 0.919 bits per heavy atom. The number of hydrogen-bond donors (Lipinski definition) is 4. The highest BCUT2D eigenvalue weighted by Crippen LogP contribution is 2.40. The van der Waals surface area contributed by atoms with Crippen LogP contribution in [0.4, 0.5) is 5.69 Å². The summed E-state index contributed by atoms with van der Waals surface area (Å²) in [4.78, 5) is 23.7. The van der Waals surface area contributed by atoms with Gasteiger partial charge in [0.15, 0.2) is 0 Å². The van der Waals surface area contributed by atoms with Crippen molar-refractivity contribution in [1.29, 1.82) is 0 Å². The summed E-state index contributed by atoms with van der Waals surface area (Å²) < 4.78 is 0. The van der Waals surface area contributed by atoms with E-state index in [1.807, 2.05) is 18.2 Å². The Morgan fingerprint density at radius 3 is 2.30 bits per heavy atom. The van der Waals surface area contributed by atoms with Crippen LogP contribution in [0.15, 0.2) is 53.4 Å². The molecule has 0 heterocycles. The van der Waals surface area contributed by atoms with Crippen LogP contribution in [0.2, 0.25) is 0 Å².